The van der Waals surface area contributed by atoms with Crippen molar-refractivity contribution in [2.75, 3.05) is 7.11 Å². The lowest BCUT2D eigenvalue weighted by molar-refractivity contribution is 0.385. The highest BCUT2D eigenvalue weighted by molar-refractivity contribution is 9.10. The van der Waals surface area contributed by atoms with Crippen LogP contribution in [0.1, 0.15) is 17.2 Å². The van der Waals surface area contributed by atoms with Crippen LogP contribution in [0.25, 0.3) is 0 Å². The summed E-state index contributed by atoms with van der Waals surface area (Å²) >= 11 is 3.40. The molecule has 2 rings (SSSR count). The third-order valence-corrected chi connectivity index (χ3v) is 3.66. The zero-order chi connectivity index (χ0) is 14.5. The van der Waals surface area contributed by atoms with Gasteiger partial charge < -0.3 is 4.74 Å². The molecule has 106 valence electrons. The van der Waals surface area contributed by atoms with Crippen LogP contribution < -0.4 is 16.0 Å². The number of ether oxygens (including phenoxy) is 1. The first-order chi connectivity index (χ1) is 9.63. The molecule has 5 heteroatoms. The van der Waals surface area contributed by atoms with E-state index in [1.165, 1.54) is 13.2 Å². The van der Waals surface area contributed by atoms with Crippen LogP contribution in [0.2, 0.25) is 0 Å². The van der Waals surface area contributed by atoms with E-state index < -0.39 is 0 Å². The van der Waals surface area contributed by atoms with Crippen molar-refractivity contribution in [1.29, 1.82) is 0 Å². The van der Waals surface area contributed by atoms with E-state index in [1.54, 1.807) is 6.07 Å². The van der Waals surface area contributed by atoms with E-state index in [4.69, 9.17) is 10.6 Å². The van der Waals surface area contributed by atoms with Crippen LogP contribution >= 0.6 is 15.9 Å². The second kappa shape index (κ2) is 6.83. The molecule has 3 nitrogen and oxygen atoms in total. The molecule has 2 aromatic carbocycles. The fourth-order valence-electron chi connectivity index (χ4n) is 2.03. The maximum Gasteiger partial charge on any atom is 0.165 e. The number of methoxy groups -OCH3 is 1. The van der Waals surface area contributed by atoms with Crippen molar-refractivity contribution in [1.82, 2.24) is 5.43 Å². The molecular formula is C15H16BrFN2O. The van der Waals surface area contributed by atoms with E-state index in [0.29, 0.717) is 6.42 Å². The van der Waals surface area contributed by atoms with Gasteiger partial charge in [-0.15, -0.1) is 0 Å². The molecule has 0 aliphatic carbocycles. The lowest BCUT2D eigenvalue weighted by Crippen LogP contribution is -2.29. The van der Waals surface area contributed by atoms with Crippen molar-refractivity contribution < 1.29 is 9.13 Å². The third kappa shape index (κ3) is 3.56. The normalized spacial score (nSPS) is 12.2. The Morgan fingerprint density at radius 1 is 1.25 bits per heavy atom. The molecule has 3 N–H and O–H groups in total. The number of hydrogen-bond acceptors (Lipinski definition) is 3. The number of halogens is 2. The van der Waals surface area contributed by atoms with Crippen LogP contribution in [0.15, 0.2) is 46.9 Å². The average molecular weight is 339 g/mol. The summed E-state index contributed by atoms with van der Waals surface area (Å²) in [6, 6.07) is 12.7. The van der Waals surface area contributed by atoms with Crippen LogP contribution in [0.3, 0.4) is 0 Å². The van der Waals surface area contributed by atoms with E-state index in [1.807, 2.05) is 30.3 Å². The summed E-state index contributed by atoms with van der Waals surface area (Å²) in [7, 11) is 1.44. The smallest absolute Gasteiger partial charge is 0.165 e. The second-order valence-electron chi connectivity index (χ2n) is 4.44. The number of hydrogen-bond donors (Lipinski definition) is 2. The van der Waals surface area contributed by atoms with E-state index in [0.717, 1.165) is 15.6 Å². The highest BCUT2D eigenvalue weighted by atomic mass is 79.9. The molecule has 1 unspecified atom stereocenters. The number of nitrogens with one attached hydrogen (secondary N) is 1. The molecule has 1 atom stereocenters. The summed E-state index contributed by atoms with van der Waals surface area (Å²) in [5, 5.41) is 0. The van der Waals surface area contributed by atoms with E-state index >= 15 is 0 Å². The molecule has 0 fully saturated rings. The van der Waals surface area contributed by atoms with E-state index in [9.17, 15) is 4.39 Å². The second-order valence-corrected chi connectivity index (χ2v) is 5.36. The lowest BCUT2D eigenvalue weighted by Gasteiger charge is -2.17. The summed E-state index contributed by atoms with van der Waals surface area (Å²) in [5.74, 6) is 5.43. The first-order valence-corrected chi connectivity index (χ1v) is 6.97. The molecule has 0 radical (unpaired) electrons. The van der Waals surface area contributed by atoms with Crippen LogP contribution in [0.4, 0.5) is 4.39 Å². The summed E-state index contributed by atoms with van der Waals surface area (Å²) in [5.41, 5.74) is 4.63. The number of hydrazine groups is 1. The van der Waals surface area contributed by atoms with Gasteiger partial charge in [0, 0.05) is 4.47 Å². The van der Waals surface area contributed by atoms with Gasteiger partial charge in [-0.1, -0.05) is 34.1 Å². The quantitative estimate of drug-likeness (QED) is 0.649. The third-order valence-electron chi connectivity index (χ3n) is 3.13. The van der Waals surface area contributed by atoms with Gasteiger partial charge in [-0.05, 0) is 41.8 Å². The molecule has 0 aromatic heterocycles. The molecule has 0 aliphatic heterocycles. The molecule has 0 amide bonds. The Kier molecular flexibility index (Phi) is 5.11. The first kappa shape index (κ1) is 15.0. The molecule has 0 spiro atoms. The Hall–Kier alpha value is -1.43. The monoisotopic (exact) mass is 338 g/mol. The minimum absolute atomic E-state index is 0.156. The highest BCUT2D eigenvalue weighted by Gasteiger charge is 2.13. The van der Waals surface area contributed by atoms with E-state index in [-0.39, 0.29) is 17.6 Å². The van der Waals surface area contributed by atoms with Gasteiger partial charge in [-0.3, -0.25) is 11.3 Å². The lowest BCUT2D eigenvalue weighted by atomic mass is 9.99. The van der Waals surface area contributed by atoms with Crippen molar-refractivity contribution in [2.45, 2.75) is 12.5 Å². The predicted octanol–water partition coefficient (Wildman–Crippen LogP) is 3.34. The van der Waals surface area contributed by atoms with Gasteiger partial charge in [0.25, 0.3) is 0 Å². The van der Waals surface area contributed by atoms with Crippen LogP contribution in [0, 0.1) is 5.82 Å². The number of benzene rings is 2. The zero-order valence-corrected chi connectivity index (χ0v) is 12.7. The van der Waals surface area contributed by atoms with Crippen molar-refractivity contribution >= 4 is 15.9 Å². The van der Waals surface area contributed by atoms with Crippen molar-refractivity contribution in [3.8, 4) is 5.75 Å². The van der Waals surface area contributed by atoms with Gasteiger partial charge in [0.2, 0.25) is 0 Å². The maximum absolute atomic E-state index is 13.7. The Morgan fingerprint density at radius 2 is 1.95 bits per heavy atom. The number of nitrogens with two attached hydrogens (primary N) is 1. The summed E-state index contributed by atoms with van der Waals surface area (Å²) in [6.07, 6.45) is 0.676. The van der Waals surface area contributed by atoms with Crippen molar-refractivity contribution in [3.05, 3.63) is 63.9 Å². The largest absolute Gasteiger partial charge is 0.494 e. The molecule has 0 heterocycles. The molecule has 0 saturated carbocycles. The SMILES string of the molecule is COc1ccc(C(Cc2ccc(Br)cc2)NN)cc1F. The molecule has 0 saturated heterocycles. The Balaban J connectivity index is 2.19. The van der Waals surface area contributed by atoms with E-state index in [2.05, 4.69) is 21.4 Å². The molecule has 20 heavy (non-hydrogen) atoms. The first-order valence-electron chi connectivity index (χ1n) is 6.18. The summed E-state index contributed by atoms with van der Waals surface area (Å²) < 4.78 is 19.7. The standard InChI is InChI=1S/C15H16BrFN2O/c1-20-15-7-4-11(9-13(15)17)14(19-18)8-10-2-5-12(16)6-3-10/h2-7,9,14,19H,8,18H2,1H3. The van der Waals surface area contributed by atoms with Gasteiger partial charge in [0.1, 0.15) is 0 Å². The van der Waals surface area contributed by atoms with Crippen molar-refractivity contribution in [3.63, 3.8) is 0 Å². The fraction of sp³-hybridized carbons (Fsp3) is 0.200. The van der Waals surface area contributed by atoms with Crippen molar-refractivity contribution in [2.24, 2.45) is 5.84 Å². The molecule has 0 aliphatic rings. The molecule has 2 aromatic rings. The van der Waals surface area contributed by atoms with Crippen LogP contribution in [-0.2, 0) is 6.42 Å². The topological polar surface area (TPSA) is 47.3 Å². The van der Waals surface area contributed by atoms with Crippen LogP contribution in [-0.4, -0.2) is 7.11 Å². The molecule has 0 bridgehead atoms. The highest BCUT2D eigenvalue weighted by Crippen LogP contribution is 2.24. The van der Waals surface area contributed by atoms with Gasteiger partial charge in [-0.25, -0.2) is 4.39 Å². The molecular weight excluding hydrogens is 323 g/mol. The Bertz CT molecular complexity index is 575. The Morgan fingerprint density at radius 3 is 2.50 bits per heavy atom. The summed E-state index contributed by atoms with van der Waals surface area (Å²) in [6.45, 7) is 0. The van der Waals surface area contributed by atoms with Gasteiger partial charge in [0.15, 0.2) is 11.6 Å². The average Bonchev–Trinajstić information content (AvgIpc) is 2.46. The van der Waals surface area contributed by atoms with Gasteiger partial charge >= 0.3 is 0 Å². The number of rotatable bonds is 5. The Labute approximate surface area is 126 Å². The zero-order valence-electron chi connectivity index (χ0n) is 11.1. The maximum atomic E-state index is 13.7. The fourth-order valence-corrected chi connectivity index (χ4v) is 2.29. The minimum Gasteiger partial charge on any atom is -0.494 e. The van der Waals surface area contributed by atoms with Crippen LogP contribution in [0.5, 0.6) is 5.75 Å². The minimum atomic E-state index is -0.388. The summed E-state index contributed by atoms with van der Waals surface area (Å²) in [4.78, 5) is 0. The predicted molar refractivity (Wildman–Crippen MR) is 80.9 cm³/mol. The van der Waals surface area contributed by atoms with Gasteiger partial charge in [0.05, 0.1) is 13.2 Å². The van der Waals surface area contributed by atoms with Gasteiger partial charge in [-0.2, -0.15) is 0 Å².